The SMILES string of the molecule is O=C(O)C1COC(=O)N1Cc1cccs1. The molecule has 1 aliphatic heterocycles. The average molecular weight is 227 g/mol. The molecule has 1 aromatic heterocycles. The topological polar surface area (TPSA) is 66.8 Å². The normalized spacial score (nSPS) is 20.4. The van der Waals surface area contributed by atoms with E-state index in [-0.39, 0.29) is 6.61 Å². The highest BCUT2D eigenvalue weighted by molar-refractivity contribution is 7.09. The third-order valence-corrected chi connectivity index (χ3v) is 3.03. The number of aliphatic carboxylic acids is 1. The maximum Gasteiger partial charge on any atom is 0.411 e. The molecule has 5 nitrogen and oxygen atoms in total. The van der Waals surface area contributed by atoms with E-state index in [1.54, 1.807) is 0 Å². The summed E-state index contributed by atoms with van der Waals surface area (Å²) in [4.78, 5) is 24.3. The highest BCUT2D eigenvalue weighted by Crippen LogP contribution is 2.19. The summed E-state index contributed by atoms with van der Waals surface area (Å²) in [6.45, 7) is 0.229. The van der Waals surface area contributed by atoms with Gasteiger partial charge < -0.3 is 9.84 Å². The van der Waals surface area contributed by atoms with Gasteiger partial charge in [0.25, 0.3) is 0 Å². The van der Waals surface area contributed by atoms with Crippen LogP contribution < -0.4 is 0 Å². The van der Waals surface area contributed by atoms with Crippen LogP contribution in [0.4, 0.5) is 4.79 Å². The molecule has 2 rings (SSSR count). The Morgan fingerprint density at radius 3 is 3.13 bits per heavy atom. The third-order valence-electron chi connectivity index (χ3n) is 2.17. The lowest BCUT2D eigenvalue weighted by Gasteiger charge is -2.16. The molecule has 1 saturated heterocycles. The first-order valence-corrected chi connectivity index (χ1v) is 5.25. The van der Waals surface area contributed by atoms with Crippen molar-refractivity contribution in [1.82, 2.24) is 4.90 Å². The number of cyclic esters (lactones) is 1. The van der Waals surface area contributed by atoms with E-state index < -0.39 is 18.1 Å². The standard InChI is InChI=1S/C9H9NO4S/c11-8(12)7-5-14-9(13)10(7)4-6-2-1-3-15-6/h1-3,7H,4-5H2,(H,11,12). The lowest BCUT2D eigenvalue weighted by molar-refractivity contribution is -0.141. The Morgan fingerprint density at radius 2 is 2.53 bits per heavy atom. The number of thiophene rings is 1. The minimum atomic E-state index is -1.03. The average Bonchev–Trinajstić information content (AvgIpc) is 2.78. The van der Waals surface area contributed by atoms with Crippen LogP contribution in [-0.2, 0) is 16.1 Å². The molecule has 0 bridgehead atoms. The minimum absolute atomic E-state index is 0.0699. The Kier molecular flexibility index (Phi) is 2.59. The van der Waals surface area contributed by atoms with E-state index in [1.807, 2.05) is 17.5 Å². The Morgan fingerprint density at radius 1 is 1.73 bits per heavy atom. The van der Waals surface area contributed by atoms with Gasteiger partial charge in [-0.15, -0.1) is 11.3 Å². The summed E-state index contributed by atoms with van der Waals surface area (Å²) < 4.78 is 4.70. The molecule has 0 aliphatic carbocycles. The summed E-state index contributed by atoms with van der Waals surface area (Å²) in [5.74, 6) is -1.03. The first kappa shape index (κ1) is 9.97. The van der Waals surface area contributed by atoms with Gasteiger partial charge in [-0.2, -0.15) is 0 Å². The van der Waals surface area contributed by atoms with Gasteiger partial charge in [0.05, 0.1) is 6.54 Å². The van der Waals surface area contributed by atoms with Crippen LogP contribution in [0.1, 0.15) is 4.88 Å². The van der Waals surface area contributed by atoms with Crippen molar-refractivity contribution in [3.8, 4) is 0 Å². The molecular formula is C9H9NO4S. The number of carbonyl (C=O) groups excluding carboxylic acids is 1. The maximum absolute atomic E-state index is 11.3. The third kappa shape index (κ3) is 1.94. The van der Waals surface area contributed by atoms with E-state index in [2.05, 4.69) is 0 Å². The Balaban J connectivity index is 2.11. The molecule has 1 unspecified atom stereocenters. The first-order chi connectivity index (χ1) is 7.18. The fourth-order valence-corrected chi connectivity index (χ4v) is 2.10. The predicted octanol–water partition coefficient (Wildman–Crippen LogP) is 1.15. The number of hydrogen-bond acceptors (Lipinski definition) is 4. The number of nitrogens with zero attached hydrogens (tertiary/aromatic N) is 1. The number of hydrogen-bond donors (Lipinski definition) is 1. The van der Waals surface area contributed by atoms with Crippen LogP contribution in [-0.4, -0.2) is 34.7 Å². The summed E-state index contributed by atoms with van der Waals surface area (Å²) in [5, 5.41) is 10.7. The number of carboxylic acid groups (broad SMARTS) is 1. The van der Waals surface area contributed by atoms with Crippen LogP contribution in [0.25, 0.3) is 0 Å². The second-order valence-corrected chi connectivity index (χ2v) is 4.17. The van der Waals surface area contributed by atoms with Crippen LogP contribution in [0.5, 0.6) is 0 Å². The van der Waals surface area contributed by atoms with Crippen molar-refractivity contribution in [2.45, 2.75) is 12.6 Å². The molecule has 6 heteroatoms. The second kappa shape index (κ2) is 3.90. The van der Waals surface area contributed by atoms with Gasteiger partial charge in [-0.3, -0.25) is 4.90 Å². The lowest BCUT2D eigenvalue weighted by Crippen LogP contribution is -2.38. The molecule has 1 aliphatic rings. The van der Waals surface area contributed by atoms with Crippen molar-refractivity contribution in [2.75, 3.05) is 6.61 Å². The van der Waals surface area contributed by atoms with Crippen LogP contribution >= 0.6 is 11.3 Å². The predicted molar refractivity (Wildman–Crippen MR) is 52.6 cm³/mol. The van der Waals surface area contributed by atoms with Gasteiger partial charge >= 0.3 is 12.1 Å². The van der Waals surface area contributed by atoms with Gasteiger partial charge in [-0.05, 0) is 11.4 Å². The van der Waals surface area contributed by atoms with Crippen molar-refractivity contribution in [3.63, 3.8) is 0 Å². The van der Waals surface area contributed by atoms with Crippen LogP contribution in [0.3, 0.4) is 0 Å². The smallest absolute Gasteiger partial charge is 0.411 e. The van der Waals surface area contributed by atoms with E-state index >= 15 is 0 Å². The van der Waals surface area contributed by atoms with Crippen LogP contribution in [0.2, 0.25) is 0 Å². The van der Waals surface area contributed by atoms with E-state index in [0.717, 1.165) is 4.88 Å². The molecule has 0 aromatic carbocycles. The number of rotatable bonds is 3. The molecule has 0 saturated carbocycles. The molecular weight excluding hydrogens is 218 g/mol. The van der Waals surface area contributed by atoms with E-state index in [4.69, 9.17) is 9.84 Å². The lowest BCUT2D eigenvalue weighted by atomic mass is 10.3. The molecule has 0 spiro atoms. The summed E-state index contributed by atoms with van der Waals surface area (Å²) in [6.07, 6.45) is -0.559. The molecule has 15 heavy (non-hydrogen) atoms. The Hall–Kier alpha value is -1.56. The van der Waals surface area contributed by atoms with Gasteiger partial charge in [0.1, 0.15) is 6.61 Å². The largest absolute Gasteiger partial charge is 0.480 e. The van der Waals surface area contributed by atoms with Gasteiger partial charge in [-0.1, -0.05) is 6.07 Å². The number of carboxylic acids is 1. The van der Waals surface area contributed by atoms with Crippen molar-refractivity contribution < 1.29 is 19.4 Å². The molecule has 1 aromatic rings. The molecule has 1 amide bonds. The molecule has 2 heterocycles. The highest BCUT2D eigenvalue weighted by atomic mass is 32.1. The summed E-state index contributed by atoms with van der Waals surface area (Å²) in [7, 11) is 0. The number of amides is 1. The van der Waals surface area contributed by atoms with Gasteiger partial charge in [0, 0.05) is 4.88 Å². The molecule has 80 valence electrons. The van der Waals surface area contributed by atoms with Gasteiger partial charge in [0.15, 0.2) is 6.04 Å². The van der Waals surface area contributed by atoms with Crippen molar-refractivity contribution >= 4 is 23.4 Å². The number of ether oxygens (including phenoxy) is 1. The zero-order chi connectivity index (χ0) is 10.8. The quantitative estimate of drug-likeness (QED) is 0.841. The van der Waals surface area contributed by atoms with Crippen LogP contribution in [0.15, 0.2) is 17.5 Å². The number of carbonyl (C=O) groups is 2. The fourth-order valence-electron chi connectivity index (χ4n) is 1.40. The Bertz CT molecular complexity index is 375. The monoisotopic (exact) mass is 227 g/mol. The van der Waals surface area contributed by atoms with E-state index in [9.17, 15) is 9.59 Å². The van der Waals surface area contributed by atoms with Gasteiger partial charge in [0.2, 0.25) is 0 Å². The maximum atomic E-state index is 11.3. The summed E-state index contributed by atoms with van der Waals surface area (Å²) in [6, 6.07) is 2.85. The van der Waals surface area contributed by atoms with Crippen molar-refractivity contribution in [3.05, 3.63) is 22.4 Å². The Labute approximate surface area is 89.9 Å². The summed E-state index contributed by atoms with van der Waals surface area (Å²) in [5.41, 5.74) is 0. The zero-order valence-corrected chi connectivity index (χ0v) is 8.57. The van der Waals surface area contributed by atoms with E-state index in [1.165, 1.54) is 16.2 Å². The molecule has 1 N–H and O–H groups in total. The fraction of sp³-hybridized carbons (Fsp3) is 0.333. The van der Waals surface area contributed by atoms with Crippen LogP contribution in [0, 0.1) is 0 Å². The van der Waals surface area contributed by atoms with Gasteiger partial charge in [-0.25, -0.2) is 9.59 Å². The second-order valence-electron chi connectivity index (χ2n) is 3.14. The highest BCUT2D eigenvalue weighted by Gasteiger charge is 2.38. The van der Waals surface area contributed by atoms with E-state index in [0.29, 0.717) is 6.54 Å². The molecule has 1 fully saturated rings. The van der Waals surface area contributed by atoms with Crippen molar-refractivity contribution in [1.29, 1.82) is 0 Å². The molecule has 1 atom stereocenters. The molecule has 0 radical (unpaired) electrons. The minimum Gasteiger partial charge on any atom is -0.480 e. The van der Waals surface area contributed by atoms with Crippen molar-refractivity contribution in [2.24, 2.45) is 0 Å². The first-order valence-electron chi connectivity index (χ1n) is 4.37. The summed E-state index contributed by atoms with van der Waals surface area (Å²) >= 11 is 1.48. The zero-order valence-electron chi connectivity index (χ0n) is 7.75.